The molecule has 0 amide bonds. The zero-order valence-corrected chi connectivity index (χ0v) is 16.0. The molecule has 0 aromatic rings. The van der Waals surface area contributed by atoms with Crippen LogP contribution >= 0.6 is 0 Å². The van der Waals surface area contributed by atoms with Crippen molar-refractivity contribution in [2.75, 3.05) is 0 Å². The molecule has 3 atom stereocenters. The molecule has 2 rings (SSSR count). The van der Waals surface area contributed by atoms with Gasteiger partial charge in [0.1, 0.15) is 0 Å². The zero-order chi connectivity index (χ0) is 14.1. The molecule has 2 nitrogen and oxygen atoms in total. The highest BCUT2D eigenvalue weighted by molar-refractivity contribution is 6.83. The Morgan fingerprint density at radius 2 is 1.89 bits per heavy atom. The third-order valence-electron chi connectivity index (χ3n) is 4.40. The van der Waals surface area contributed by atoms with Crippen molar-refractivity contribution in [3.8, 4) is 0 Å². The van der Waals surface area contributed by atoms with Crippen LogP contribution in [0, 0.1) is 17.8 Å². The molecule has 19 heavy (non-hydrogen) atoms. The highest BCUT2D eigenvalue weighted by atomic mass is 28.5. The highest BCUT2D eigenvalue weighted by Gasteiger charge is 2.38. The fourth-order valence-electron chi connectivity index (χ4n) is 3.74. The maximum atomic E-state index is 6.45. The van der Waals surface area contributed by atoms with E-state index in [1.54, 1.807) is 0 Å². The molecule has 0 aromatic carbocycles. The molecule has 0 aliphatic heterocycles. The Bertz CT molecular complexity index is 342. The van der Waals surface area contributed by atoms with E-state index in [1.165, 1.54) is 25.3 Å². The van der Waals surface area contributed by atoms with Gasteiger partial charge in [0.25, 0.3) is 0 Å². The van der Waals surface area contributed by atoms with E-state index in [0.29, 0.717) is 9.76 Å². The lowest BCUT2D eigenvalue weighted by atomic mass is 9.91. The summed E-state index contributed by atoms with van der Waals surface area (Å²) in [6.45, 7) is 11.2. The minimum absolute atomic E-state index is 0.554. The van der Waals surface area contributed by atoms with Gasteiger partial charge in [-0.25, -0.2) is 0 Å². The molecule has 0 heterocycles. The fourth-order valence-corrected chi connectivity index (χ4v) is 13.0. The first kappa shape index (κ1) is 15.7. The third-order valence-corrected chi connectivity index (χ3v) is 12.9. The van der Waals surface area contributed by atoms with Crippen LogP contribution in [0.2, 0.25) is 38.8 Å². The summed E-state index contributed by atoms with van der Waals surface area (Å²) in [6.07, 6.45) is 9.12. The molecule has 0 aromatic heterocycles. The van der Waals surface area contributed by atoms with E-state index in [2.05, 4.69) is 44.9 Å². The Labute approximate surface area is 123 Å². The van der Waals surface area contributed by atoms with Gasteiger partial charge >= 0.3 is 8.56 Å². The van der Waals surface area contributed by atoms with Crippen LogP contribution in [0.4, 0.5) is 0 Å². The van der Waals surface area contributed by atoms with Gasteiger partial charge in [0.15, 0.2) is 8.32 Å². The van der Waals surface area contributed by atoms with Gasteiger partial charge < -0.3 is 8.23 Å². The second-order valence-corrected chi connectivity index (χ2v) is 16.0. The molecule has 0 spiro atoms. The summed E-state index contributed by atoms with van der Waals surface area (Å²) in [4.78, 5) is 0. The molecule has 0 N–H and O–H groups in total. The first-order valence-electron chi connectivity index (χ1n) is 7.54. The average molecular weight is 313 g/mol. The van der Waals surface area contributed by atoms with Gasteiger partial charge in [-0.05, 0) is 69.4 Å². The predicted octanol–water partition coefficient (Wildman–Crippen LogP) is 4.20. The minimum atomic E-state index is -1.87. The number of fused-ring (bicyclic) bond motifs is 2. The molecule has 2 aliphatic carbocycles. The fraction of sp³-hybridized carbons (Fsp3) is 0.857. The van der Waals surface area contributed by atoms with Gasteiger partial charge in [0.05, 0.1) is 0 Å². The van der Waals surface area contributed by atoms with Crippen LogP contribution in [0.15, 0.2) is 12.2 Å². The Balaban J connectivity index is 1.79. The summed E-state index contributed by atoms with van der Waals surface area (Å²) in [5.74, 6) is 2.72. The van der Waals surface area contributed by atoms with Gasteiger partial charge in [0.2, 0.25) is 9.76 Å². The molecule has 108 valence electrons. The SMILES string of the molecule is C[Si]O[Si](C)(C)O[Si](C)(C)CCC1CC2C=CC1C2. The predicted molar refractivity (Wildman–Crippen MR) is 87.0 cm³/mol. The quantitative estimate of drug-likeness (QED) is 0.518. The van der Waals surface area contributed by atoms with Crippen molar-refractivity contribution < 1.29 is 8.23 Å². The lowest BCUT2D eigenvalue weighted by Gasteiger charge is -2.34. The Hall–Kier alpha value is 0.311. The van der Waals surface area contributed by atoms with Gasteiger partial charge in [-0.3, -0.25) is 0 Å². The summed E-state index contributed by atoms with van der Waals surface area (Å²) < 4.78 is 12.3. The monoisotopic (exact) mass is 312 g/mol. The summed E-state index contributed by atoms with van der Waals surface area (Å²) >= 11 is 0. The normalized spacial score (nSPS) is 30.3. The minimum Gasteiger partial charge on any atom is -0.437 e. The van der Waals surface area contributed by atoms with E-state index >= 15 is 0 Å². The van der Waals surface area contributed by atoms with Crippen LogP contribution in [0.3, 0.4) is 0 Å². The zero-order valence-electron chi connectivity index (χ0n) is 13.0. The van der Waals surface area contributed by atoms with Gasteiger partial charge in [-0.15, -0.1) is 0 Å². The summed E-state index contributed by atoms with van der Waals surface area (Å²) in [5, 5.41) is 0. The Morgan fingerprint density at radius 1 is 1.16 bits per heavy atom. The summed E-state index contributed by atoms with van der Waals surface area (Å²) in [5.41, 5.74) is 0. The first-order chi connectivity index (χ1) is 8.81. The van der Waals surface area contributed by atoms with Crippen molar-refractivity contribution in [2.24, 2.45) is 17.8 Å². The number of rotatable bonds is 7. The molecule has 2 aliphatic rings. The molecule has 2 bridgehead atoms. The lowest BCUT2D eigenvalue weighted by Crippen LogP contribution is -2.47. The molecule has 1 saturated carbocycles. The molecular formula is C14H28O2Si3. The van der Waals surface area contributed by atoms with Crippen LogP contribution in [0.1, 0.15) is 19.3 Å². The third kappa shape index (κ3) is 4.39. The number of hydrogen-bond acceptors (Lipinski definition) is 2. The van der Waals surface area contributed by atoms with Crippen LogP contribution in [0.25, 0.3) is 0 Å². The molecule has 5 heteroatoms. The van der Waals surface area contributed by atoms with E-state index in [-0.39, 0.29) is 0 Å². The van der Waals surface area contributed by atoms with Crippen molar-refractivity contribution >= 4 is 26.6 Å². The van der Waals surface area contributed by atoms with Gasteiger partial charge in [-0.2, -0.15) is 0 Å². The van der Waals surface area contributed by atoms with Crippen molar-refractivity contribution in [1.29, 1.82) is 0 Å². The largest absolute Gasteiger partial charge is 0.437 e. The maximum Gasteiger partial charge on any atom is 0.310 e. The Morgan fingerprint density at radius 3 is 2.42 bits per heavy atom. The van der Waals surface area contributed by atoms with Crippen molar-refractivity contribution in [3.05, 3.63) is 12.2 Å². The summed E-state index contributed by atoms with van der Waals surface area (Å²) in [6, 6.07) is 1.29. The molecule has 3 unspecified atom stereocenters. The molecule has 2 radical (unpaired) electrons. The Kier molecular flexibility index (Phi) is 4.93. The molecular weight excluding hydrogens is 284 g/mol. The number of hydrogen-bond donors (Lipinski definition) is 0. The standard InChI is InChI=1S/C14H28O2Si3/c1-17-15-19(4,5)16-18(2,3)9-8-14-11-12-6-7-13(14)10-12/h6-7,12-14H,8-11H2,1-5H3. The van der Waals surface area contributed by atoms with Crippen LogP contribution in [-0.4, -0.2) is 26.6 Å². The van der Waals surface area contributed by atoms with E-state index in [1.807, 2.05) is 0 Å². The topological polar surface area (TPSA) is 18.5 Å². The van der Waals surface area contributed by atoms with Crippen molar-refractivity contribution in [1.82, 2.24) is 0 Å². The second-order valence-electron chi connectivity index (χ2n) is 7.15. The van der Waals surface area contributed by atoms with Crippen LogP contribution in [-0.2, 0) is 8.23 Å². The second kappa shape index (κ2) is 5.97. The van der Waals surface area contributed by atoms with Gasteiger partial charge in [-0.1, -0.05) is 18.6 Å². The molecule has 1 fully saturated rings. The first-order valence-corrected chi connectivity index (χ1v) is 14.9. The van der Waals surface area contributed by atoms with E-state index in [9.17, 15) is 0 Å². The lowest BCUT2D eigenvalue weighted by molar-refractivity contribution is 0.390. The maximum absolute atomic E-state index is 6.45. The van der Waals surface area contributed by atoms with E-state index in [0.717, 1.165) is 17.8 Å². The van der Waals surface area contributed by atoms with Gasteiger partial charge in [0, 0.05) is 0 Å². The smallest absolute Gasteiger partial charge is 0.310 e. The summed E-state index contributed by atoms with van der Waals surface area (Å²) in [7, 11) is -2.87. The molecule has 0 saturated heterocycles. The van der Waals surface area contributed by atoms with Crippen molar-refractivity contribution in [3.63, 3.8) is 0 Å². The van der Waals surface area contributed by atoms with Crippen molar-refractivity contribution in [2.45, 2.75) is 58.0 Å². The van der Waals surface area contributed by atoms with Crippen LogP contribution < -0.4 is 0 Å². The van der Waals surface area contributed by atoms with E-state index < -0.39 is 16.9 Å². The highest BCUT2D eigenvalue weighted by Crippen LogP contribution is 2.46. The van der Waals surface area contributed by atoms with Crippen LogP contribution in [0.5, 0.6) is 0 Å². The van der Waals surface area contributed by atoms with E-state index in [4.69, 9.17) is 8.23 Å². The average Bonchev–Trinajstić information content (AvgIpc) is 2.86. The number of allylic oxidation sites excluding steroid dienone is 2.